The Balaban J connectivity index is 2.33. The first-order valence-corrected chi connectivity index (χ1v) is 8.07. The van der Waals surface area contributed by atoms with Gasteiger partial charge in [0, 0.05) is 18.5 Å². The molecule has 1 aromatic rings. The average Bonchev–Trinajstić information content (AvgIpc) is 2.86. The highest BCUT2D eigenvalue weighted by Gasteiger charge is 2.38. The highest BCUT2D eigenvalue weighted by atomic mass is 35.5. The second-order valence-corrected chi connectivity index (χ2v) is 6.92. The Bertz CT molecular complexity index is 516. The summed E-state index contributed by atoms with van der Waals surface area (Å²) in [6, 6.07) is 0. The molecule has 1 heterocycles. The SMILES string of the molecule is Cn1ncc(Cl)c1S(=O)(=O)NC1(CCl)CCCC1. The zero-order chi connectivity index (χ0) is 13.4. The fraction of sp³-hybridized carbons (Fsp3) is 0.700. The topological polar surface area (TPSA) is 64.0 Å². The van der Waals surface area contributed by atoms with Crippen LogP contribution in [0.3, 0.4) is 0 Å². The molecular formula is C10H15Cl2N3O2S. The molecule has 0 amide bonds. The van der Waals surface area contributed by atoms with E-state index in [4.69, 9.17) is 23.2 Å². The number of sulfonamides is 1. The van der Waals surface area contributed by atoms with Crippen molar-refractivity contribution in [2.75, 3.05) is 5.88 Å². The minimum Gasteiger partial charge on any atom is -0.255 e. The molecular weight excluding hydrogens is 297 g/mol. The van der Waals surface area contributed by atoms with Crippen molar-refractivity contribution in [2.45, 2.75) is 36.2 Å². The van der Waals surface area contributed by atoms with Crippen LogP contribution in [0.4, 0.5) is 0 Å². The van der Waals surface area contributed by atoms with Crippen LogP contribution in [0, 0.1) is 0 Å². The molecule has 0 radical (unpaired) electrons. The summed E-state index contributed by atoms with van der Waals surface area (Å²) in [4.78, 5) is 0. The lowest BCUT2D eigenvalue weighted by Gasteiger charge is -2.27. The van der Waals surface area contributed by atoms with Gasteiger partial charge in [-0.25, -0.2) is 13.1 Å². The summed E-state index contributed by atoms with van der Waals surface area (Å²) in [6.07, 6.45) is 4.79. The molecule has 1 N–H and O–H groups in total. The van der Waals surface area contributed by atoms with Gasteiger partial charge in [0.05, 0.1) is 11.2 Å². The van der Waals surface area contributed by atoms with E-state index >= 15 is 0 Å². The van der Waals surface area contributed by atoms with Crippen LogP contribution in [0.15, 0.2) is 11.2 Å². The predicted molar refractivity (Wildman–Crippen MR) is 70.5 cm³/mol. The van der Waals surface area contributed by atoms with Crippen LogP contribution in [0.2, 0.25) is 5.02 Å². The molecule has 0 bridgehead atoms. The molecule has 1 saturated carbocycles. The van der Waals surface area contributed by atoms with Crippen LogP contribution in [-0.4, -0.2) is 29.6 Å². The second kappa shape index (κ2) is 5.00. The third-order valence-electron chi connectivity index (χ3n) is 3.26. The van der Waals surface area contributed by atoms with Crippen LogP contribution in [0.5, 0.6) is 0 Å². The lowest BCUT2D eigenvalue weighted by atomic mass is 10.0. The van der Waals surface area contributed by atoms with E-state index in [0.29, 0.717) is 0 Å². The van der Waals surface area contributed by atoms with E-state index in [1.807, 2.05) is 0 Å². The van der Waals surface area contributed by atoms with Gasteiger partial charge in [-0.2, -0.15) is 5.10 Å². The molecule has 0 aromatic carbocycles. The minimum atomic E-state index is -3.70. The number of rotatable bonds is 4. The number of nitrogens with zero attached hydrogens (tertiary/aromatic N) is 2. The van der Waals surface area contributed by atoms with Crippen LogP contribution >= 0.6 is 23.2 Å². The zero-order valence-corrected chi connectivity index (χ0v) is 12.3. The van der Waals surface area contributed by atoms with Gasteiger partial charge < -0.3 is 0 Å². The Morgan fingerprint density at radius 2 is 2.11 bits per heavy atom. The standard InChI is InChI=1S/C10H15Cl2N3O2S/c1-15-9(8(12)6-13-15)18(16,17)14-10(7-11)4-2-3-5-10/h6,14H,2-5,7H2,1H3. The maximum atomic E-state index is 12.3. The molecule has 1 aliphatic rings. The first-order chi connectivity index (χ1) is 8.40. The molecule has 0 aliphatic heterocycles. The molecule has 1 aromatic heterocycles. The Labute approximate surface area is 117 Å². The fourth-order valence-corrected chi connectivity index (χ4v) is 4.88. The summed E-state index contributed by atoms with van der Waals surface area (Å²) in [6.45, 7) is 0. The van der Waals surface area contributed by atoms with Crippen LogP contribution in [0.25, 0.3) is 0 Å². The Morgan fingerprint density at radius 1 is 1.50 bits per heavy atom. The molecule has 1 fully saturated rings. The fourth-order valence-electron chi connectivity index (χ4n) is 2.35. The molecule has 0 spiro atoms. The third-order valence-corrected chi connectivity index (χ3v) is 5.86. The van der Waals surface area contributed by atoms with E-state index in [1.54, 1.807) is 7.05 Å². The van der Waals surface area contributed by atoms with E-state index in [2.05, 4.69) is 9.82 Å². The Hall–Kier alpha value is -0.300. The maximum absolute atomic E-state index is 12.3. The molecule has 0 saturated heterocycles. The van der Waals surface area contributed by atoms with Crippen LogP contribution < -0.4 is 4.72 Å². The number of aromatic nitrogens is 2. The van der Waals surface area contributed by atoms with Gasteiger partial charge in [0.25, 0.3) is 10.0 Å². The van der Waals surface area contributed by atoms with E-state index in [0.717, 1.165) is 25.7 Å². The van der Waals surface area contributed by atoms with Gasteiger partial charge in [-0.05, 0) is 12.8 Å². The summed E-state index contributed by atoms with van der Waals surface area (Å²) in [7, 11) is -2.15. The Morgan fingerprint density at radius 3 is 2.56 bits per heavy atom. The van der Waals surface area contributed by atoms with Crippen molar-refractivity contribution in [3.05, 3.63) is 11.2 Å². The van der Waals surface area contributed by atoms with Gasteiger partial charge in [0.1, 0.15) is 0 Å². The van der Waals surface area contributed by atoms with Gasteiger partial charge in [-0.3, -0.25) is 4.68 Å². The van der Waals surface area contributed by atoms with Gasteiger partial charge in [-0.15, -0.1) is 11.6 Å². The van der Waals surface area contributed by atoms with E-state index < -0.39 is 15.6 Å². The Kier molecular flexibility index (Phi) is 3.92. The lowest BCUT2D eigenvalue weighted by molar-refractivity contribution is 0.429. The van der Waals surface area contributed by atoms with Gasteiger partial charge in [-0.1, -0.05) is 24.4 Å². The van der Waals surface area contributed by atoms with Crippen molar-refractivity contribution in [2.24, 2.45) is 7.05 Å². The number of nitrogens with one attached hydrogen (secondary N) is 1. The second-order valence-electron chi connectivity index (χ2n) is 4.65. The average molecular weight is 312 g/mol. The first-order valence-electron chi connectivity index (χ1n) is 5.68. The van der Waals surface area contributed by atoms with Gasteiger partial charge in [0.15, 0.2) is 5.03 Å². The molecule has 18 heavy (non-hydrogen) atoms. The summed E-state index contributed by atoms with van der Waals surface area (Å²) in [5, 5.41) is 3.94. The first kappa shape index (κ1) is 14.1. The van der Waals surface area contributed by atoms with Gasteiger partial charge in [0.2, 0.25) is 0 Å². The summed E-state index contributed by atoms with van der Waals surface area (Å²) >= 11 is 11.8. The smallest absolute Gasteiger partial charge is 0.255 e. The normalized spacial score (nSPS) is 19.3. The number of alkyl halides is 1. The number of hydrogen-bond acceptors (Lipinski definition) is 3. The van der Waals surface area contributed by atoms with Crippen molar-refractivity contribution in [3.8, 4) is 0 Å². The van der Waals surface area contributed by atoms with Crippen molar-refractivity contribution in [3.63, 3.8) is 0 Å². The summed E-state index contributed by atoms with van der Waals surface area (Å²) in [5.41, 5.74) is -0.548. The highest BCUT2D eigenvalue weighted by molar-refractivity contribution is 7.89. The monoisotopic (exact) mass is 311 g/mol. The van der Waals surface area contributed by atoms with Crippen LogP contribution in [0.1, 0.15) is 25.7 Å². The zero-order valence-electron chi connectivity index (χ0n) is 9.99. The summed E-state index contributed by atoms with van der Waals surface area (Å²) < 4.78 is 28.6. The van der Waals surface area contributed by atoms with Gasteiger partial charge >= 0.3 is 0 Å². The molecule has 2 rings (SSSR count). The van der Waals surface area contributed by atoms with Crippen LogP contribution in [-0.2, 0) is 17.1 Å². The minimum absolute atomic E-state index is 0.0134. The number of hydrogen-bond donors (Lipinski definition) is 1. The number of halogens is 2. The molecule has 5 nitrogen and oxygen atoms in total. The van der Waals surface area contributed by atoms with Crippen molar-refractivity contribution < 1.29 is 8.42 Å². The largest absolute Gasteiger partial charge is 0.259 e. The molecule has 102 valence electrons. The summed E-state index contributed by atoms with van der Waals surface area (Å²) in [5.74, 6) is 0.266. The van der Waals surface area contributed by atoms with Crippen molar-refractivity contribution in [1.29, 1.82) is 0 Å². The van der Waals surface area contributed by atoms with E-state index in [1.165, 1.54) is 10.9 Å². The van der Waals surface area contributed by atoms with Crippen molar-refractivity contribution >= 4 is 33.2 Å². The number of aryl methyl sites for hydroxylation is 1. The lowest BCUT2D eigenvalue weighted by Crippen LogP contribution is -2.48. The highest BCUT2D eigenvalue weighted by Crippen LogP contribution is 2.33. The molecule has 0 atom stereocenters. The molecule has 1 aliphatic carbocycles. The van der Waals surface area contributed by atoms with E-state index in [9.17, 15) is 8.42 Å². The quantitative estimate of drug-likeness (QED) is 0.864. The van der Waals surface area contributed by atoms with E-state index in [-0.39, 0.29) is 15.9 Å². The third kappa shape index (κ3) is 2.52. The maximum Gasteiger partial charge on any atom is 0.259 e. The molecule has 0 unspecified atom stereocenters. The molecule has 8 heteroatoms. The van der Waals surface area contributed by atoms with Crippen molar-refractivity contribution in [1.82, 2.24) is 14.5 Å². The predicted octanol–water partition coefficient (Wildman–Crippen LogP) is 1.90.